The van der Waals surface area contributed by atoms with Crippen molar-refractivity contribution < 1.29 is 28.5 Å². The summed E-state index contributed by atoms with van der Waals surface area (Å²) >= 11 is 12.4. The van der Waals surface area contributed by atoms with Gasteiger partial charge in [-0.15, -0.1) is 0 Å². The average molecular weight is 1120 g/mol. The maximum atomic E-state index is 12.5. The number of hydrogen-bond donors (Lipinski definition) is 0. The number of benzene rings is 4. The average Bonchev–Trinajstić information content (AvgIpc) is 4.20. The number of rotatable bonds is 22. The van der Waals surface area contributed by atoms with Gasteiger partial charge in [-0.3, -0.25) is 0 Å². The summed E-state index contributed by atoms with van der Waals surface area (Å²) in [6, 6.07) is 38.4. The van der Waals surface area contributed by atoms with E-state index in [2.05, 4.69) is 141 Å². The molecule has 0 aromatic heterocycles. The number of nitrogens with zero attached hydrogens (tertiary/aromatic N) is 6. The van der Waals surface area contributed by atoms with E-state index in [-0.39, 0.29) is 12.1 Å². The van der Waals surface area contributed by atoms with Crippen LogP contribution in [0, 0.1) is 29.6 Å². The van der Waals surface area contributed by atoms with Crippen LogP contribution in [0.2, 0.25) is 10.0 Å². The molecule has 0 bridgehead atoms. The number of halogens is 2. The molecule has 2 fully saturated rings. The molecule has 430 valence electrons. The van der Waals surface area contributed by atoms with Gasteiger partial charge in [-0.25, -0.2) is 19.6 Å². The Morgan fingerprint density at radius 3 is 1.52 bits per heavy atom. The van der Waals surface area contributed by atoms with Gasteiger partial charge in [0, 0.05) is 48.1 Å². The highest BCUT2D eigenvalue weighted by Gasteiger charge is 2.53. The molecule has 12 nitrogen and oxygen atoms in total. The molecule has 14 heteroatoms. The maximum absolute atomic E-state index is 12.5. The van der Waals surface area contributed by atoms with Crippen molar-refractivity contribution in [3.63, 3.8) is 0 Å². The lowest BCUT2D eigenvalue weighted by molar-refractivity contribution is -0.0768. The first-order chi connectivity index (χ1) is 38.1. The van der Waals surface area contributed by atoms with Crippen LogP contribution in [0.3, 0.4) is 0 Å². The Morgan fingerprint density at radius 2 is 1.06 bits per heavy atom. The standard InChI is InChI=1S/C33H46ClN3O3.C32H44ClN3O3/c1-24(2)22-33(40-32(38)39-5)30(37(23-35-33)20-19-25-9-7-6-8-10-25)21-26-11-13-27(14-12-26)31(36(3)4)28-15-17-29(34)18-16-28;1-5-6-21-32(39-31(37)38-4)30(36(23-34-32)22-20-24-10-8-7-9-11-24)27-14-12-25(13-15-27)29(35(2)3)26-16-18-28(33)19-17-26/h6-10,15-18,23-24,26-27,30-31H,11-14,19-22H2,1-5H3;7-11,16-19,23,25,27,29-30H,5-6,12-15,20-22H2,1-4H3. The van der Waals surface area contributed by atoms with Gasteiger partial charge < -0.3 is 38.5 Å². The van der Waals surface area contributed by atoms with Crippen molar-refractivity contribution >= 4 is 48.2 Å². The summed E-state index contributed by atoms with van der Waals surface area (Å²) in [6.07, 6.45) is 17.6. The van der Waals surface area contributed by atoms with Crippen LogP contribution in [-0.4, -0.2) is 124 Å². The molecule has 2 aliphatic heterocycles. The van der Waals surface area contributed by atoms with Crippen LogP contribution in [0.4, 0.5) is 9.59 Å². The molecule has 0 radical (unpaired) electrons. The van der Waals surface area contributed by atoms with Gasteiger partial charge in [0.1, 0.15) is 0 Å². The lowest BCUT2D eigenvalue weighted by Crippen LogP contribution is -2.54. The van der Waals surface area contributed by atoms with Crippen molar-refractivity contribution in [2.75, 3.05) is 55.5 Å². The molecule has 0 spiro atoms. The summed E-state index contributed by atoms with van der Waals surface area (Å²) < 4.78 is 22.1. The second-order valence-electron chi connectivity index (χ2n) is 23.5. The molecule has 6 atom stereocenters. The zero-order valence-corrected chi connectivity index (χ0v) is 50.2. The zero-order valence-electron chi connectivity index (χ0n) is 48.7. The highest BCUT2D eigenvalue weighted by atomic mass is 35.5. The third-order valence-corrected chi connectivity index (χ3v) is 17.7. The van der Waals surface area contributed by atoms with Crippen LogP contribution >= 0.6 is 23.2 Å². The molecule has 2 aliphatic carbocycles. The van der Waals surface area contributed by atoms with Crippen molar-refractivity contribution in [1.29, 1.82) is 0 Å². The van der Waals surface area contributed by atoms with Gasteiger partial charge in [0.25, 0.3) is 0 Å². The van der Waals surface area contributed by atoms with E-state index in [1.807, 2.05) is 49.1 Å². The fraction of sp³-hybridized carbons (Fsp3) is 0.569. The summed E-state index contributed by atoms with van der Waals surface area (Å²) in [4.78, 5) is 44.2. The van der Waals surface area contributed by atoms with Gasteiger partial charge in [-0.05, 0) is 169 Å². The molecule has 6 unspecified atom stereocenters. The maximum Gasteiger partial charge on any atom is 0.510 e. The Morgan fingerprint density at radius 1 is 0.620 bits per heavy atom. The molecule has 79 heavy (non-hydrogen) atoms. The number of aliphatic imine (C=N–C) groups is 2. The Kier molecular flexibility index (Phi) is 23.0. The van der Waals surface area contributed by atoms with Crippen LogP contribution < -0.4 is 0 Å². The number of hydrogen-bond acceptors (Lipinski definition) is 12. The quantitative estimate of drug-likeness (QED) is 0.0706. The largest absolute Gasteiger partial charge is 0.510 e. The summed E-state index contributed by atoms with van der Waals surface area (Å²) in [5, 5.41) is 1.55. The van der Waals surface area contributed by atoms with Crippen molar-refractivity contribution in [2.24, 2.45) is 39.6 Å². The molecule has 0 saturated heterocycles. The molecule has 4 aliphatic rings. The van der Waals surface area contributed by atoms with Crippen LogP contribution in [0.15, 0.2) is 119 Å². The number of unbranched alkanes of at least 4 members (excludes halogenated alkanes) is 1. The second kappa shape index (κ2) is 29.5. The second-order valence-corrected chi connectivity index (χ2v) is 24.4. The molecule has 2 heterocycles. The number of carbonyl (C=O) groups excluding carboxylic acids is 2. The van der Waals surface area contributed by atoms with Gasteiger partial charge in [0.15, 0.2) is 0 Å². The van der Waals surface area contributed by atoms with Crippen molar-refractivity contribution in [1.82, 2.24) is 19.6 Å². The van der Waals surface area contributed by atoms with Crippen LogP contribution in [-0.2, 0) is 31.8 Å². The van der Waals surface area contributed by atoms with E-state index in [4.69, 9.17) is 52.1 Å². The van der Waals surface area contributed by atoms with Crippen LogP contribution in [0.1, 0.15) is 139 Å². The van der Waals surface area contributed by atoms with Crippen molar-refractivity contribution in [2.45, 2.75) is 153 Å². The summed E-state index contributed by atoms with van der Waals surface area (Å²) in [5.41, 5.74) is 3.40. The minimum absolute atomic E-state index is 0.00107. The Labute approximate surface area is 483 Å². The van der Waals surface area contributed by atoms with Gasteiger partial charge in [0.2, 0.25) is 11.4 Å². The van der Waals surface area contributed by atoms with Crippen LogP contribution in [0.25, 0.3) is 0 Å². The van der Waals surface area contributed by atoms with Crippen LogP contribution in [0.5, 0.6) is 0 Å². The molecular formula is C65H90Cl2N6O6. The minimum atomic E-state index is -0.926. The zero-order chi connectivity index (χ0) is 56.5. The van der Waals surface area contributed by atoms with Crippen molar-refractivity contribution in [3.05, 3.63) is 141 Å². The molecule has 4 aromatic rings. The van der Waals surface area contributed by atoms with Crippen molar-refractivity contribution in [3.8, 4) is 0 Å². The summed E-state index contributed by atoms with van der Waals surface area (Å²) in [7, 11) is 11.4. The predicted molar refractivity (Wildman–Crippen MR) is 321 cm³/mol. The normalized spacial score (nSPS) is 25.5. The molecule has 2 saturated carbocycles. The fourth-order valence-electron chi connectivity index (χ4n) is 13.5. The monoisotopic (exact) mass is 1120 g/mol. The summed E-state index contributed by atoms with van der Waals surface area (Å²) in [5.74, 6) is 2.36. The van der Waals surface area contributed by atoms with E-state index in [1.165, 1.54) is 49.3 Å². The first-order valence-electron chi connectivity index (χ1n) is 29.1. The first-order valence-corrected chi connectivity index (χ1v) is 29.9. The molecular weight excluding hydrogens is 1030 g/mol. The smallest absolute Gasteiger partial charge is 0.438 e. The van der Waals surface area contributed by atoms with E-state index in [9.17, 15) is 9.59 Å². The van der Waals surface area contributed by atoms with E-state index < -0.39 is 23.8 Å². The lowest BCUT2D eigenvalue weighted by Gasteiger charge is -2.45. The number of ether oxygens (including phenoxy) is 4. The molecule has 4 aromatic carbocycles. The predicted octanol–water partition coefficient (Wildman–Crippen LogP) is 15.0. The van der Waals surface area contributed by atoms with Gasteiger partial charge in [-0.2, -0.15) is 0 Å². The van der Waals surface area contributed by atoms with Gasteiger partial charge in [-0.1, -0.05) is 148 Å². The third-order valence-electron chi connectivity index (χ3n) is 17.2. The third kappa shape index (κ3) is 16.5. The van der Waals surface area contributed by atoms with Gasteiger partial charge >= 0.3 is 12.3 Å². The minimum Gasteiger partial charge on any atom is -0.438 e. The Bertz CT molecular complexity index is 2520. The summed E-state index contributed by atoms with van der Waals surface area (Å²) in [6.45, 7) is 8.14. The molecule has 0 amide bonds. The number of methoxy groups -OCH3 is 2. The Balaban J connectivity index is 0.000000229. The van der Waals surface area contributed by atoms with Gasteiger partial charge in [0.05, 0.1) is 39.0 Å². The SMILES string of the molecule is CCCCC1(OC(=O)OC)N=CN(CCc2ccccc2)C1C1CCC(C(c2ccc(Cl)cc2)N(C)C)CC1.COC(=O)OC1(CC(C)C)N=CN(CCc2ccccc2)C1CC1CCC(C(c2ccc(Cl)cc2)N(C)C)CC1. The lowest BCUT2D eigenvalue weighted by atomic mass is 9.71. The fourth-order valence-corrected chi connectivity index (χ4v) is 13.8. The molecule has 0 N–H and O–H groups in total. The highest BCUT2D eigenvalue weighted by molar-refractivity contribution is 6.30. The first kappa shape index (κ1) is 61.5. The number of carbonyl (C=O) groups is 2. The highest BCUT2D eigenvalue weighted by Crippen LogP contribution is 2.48. The Hall–Kier alpha value is -5.14. The topological polar surface area (TPSA) is 109 Å². The van der Waals surface area contributed by atoms with E-state index in [0.29, 0.717) is 54.5 Å². The van der Waals surface area contributed by atoms with E-state index in [1.54, 1.807) is 0 Å². The molecule has 8 rings (SSSR count). The van der Waals surface area contributed by atoms with E-state index in [0.717, 1.165) is 93.8 Å². The van der Waals surface area contributed by atoms with E-state index >= 15 is 0 Å².